The molecule has 0 aliphatic heterocycles. The van der Waals surface area contributed by atoms with Gasteiger partial charge in [0.25, 0.3) is 5.91 Å². The van der Waals surface area contributed by atoms with Crippen molar-refractivity contribution in [3.63, 3.8) is 0 Å². The van der Waals surface area contributed by atoms with Crippen molar-refractivity contribution in [3.05, 3.63) is 47.7 Å². The molecule has 1 amide bonds. The first kappa shape index (κ1) is 10.4. The zero-order chi connectivity index (χ0) is 11.7. The first-order valence-electron chi connectivity index (χ1n) is 4.43. The topological polar surface area (TPSA) is 56.2 Å². The molecule has 0 atom stereocenters. The van der Waals surface area contributed by atoms with Gasteiger partial charge in [-0.2, -0.15) is 0 Å². The van der Waals surface area contributed by atoms with Gasteiger partial charge in [-0.25, -0.2) is 8.78 Å². The van der Waals surface area contributed by atoms with Crippen LogP contribution in [0.4, 0.5) is 8.78 Å². The number of hydrogen-bond donors (Lipinski definition) is 1. The number of primary amides is 1. The highest BCUT2D eigenvalue weighted by atomic mass is 19.2. The molecule has 0 radical (unpaired) electrons. The second-order valence-corrected chi connectivity index (χ2v) is 3.16. The Morgan fingerprint density at radius 3 is 2.44 bits per heavy atom. The van der Waals surface area contributed by atoms with Crippen LogP contribution in [0.1, 0.15) is 10.6 Å². The van der Waals surface area contributed by atoms with Crippen molar-refractivity contribution in [1.29, 1.82) is 0 Å². The van der Waals surface area contributed by atoms with Gasteiger partial charge in [0.1, 0.15) is 5.76 Å². The van der Waals surface area contributed by atoms with E-state index in [1.165, 1.54) is 18.2 Å². The van der Waals surface area contributed by atoms with Crippen molar-refractivity contribution < 1.29 is 18.0 Å². The molecular weight excluding hydrogens is 216 g/mol. The maximum atomic E-state index is 12.9. The van der Waals surface area contributed by atoms with Crippen LogP contribution in [-0.4, -0.2) is 5.91 Å². The summed E-state index contributed by atoms with van der Waals surface area (Å²) < 4.78 is 30.7. The number of carbonyl (C=O) groups excluding carboxylic acids is 1. The van der Waals surface area contributed by atoms with Gasteiger partial charge in [0.2, 0.25) is 0 Å². The molecule has 1 aromatic heterocycles. The summed E-state index contributed by atoms with van der Waals surface area (Å²) >= 11 is 0. The summed E-state index contributed by atoms with van der Waals surface area (Å²) in [6.07, 6.45) is 0. The summed E-state index contributed by atoms with van der Waals surface area (Å²) in [6.45, 7) is 0. The Kier molecular flexibility index (Phi) is 2.44. The second kappa shape index (κ2) is 3.77. The summed E-state index contributed by atoms with van der Waals surface area (Å²) in [4.78, 5) is 10.8. The Morgan fingerprint density at radius 1 is 1.12 bits per heavy atom. The Balaban J connectivity index is 2.42. The monoisotopic (exact) mass is 223 g/mol. The van der Waals surface area contributed by atoms with Crippen LogP contribution in [0.3, 0.4) is 0 Å². The molecule has 0 saturated carbocycles. The number of amides is 1. The third kappa shape index (κ3) is 1.79. The van der Waals surface area contributed by atoms with Crippen molar-refractivity contribution in [2.24, 2.45) is 5.73 Å². The Morgan fingerprint density at radius 2 is 1.88 bits per heavy atom. The van der Waals surface area contributed by atoms with Gasteiger partial charge in [0.15, 0.2) is 17.4 Å². The molecule has 0 fully saturated rings. The average Bonchev–Trinajstić information content (AvgIpc) is 2.71. The van der Waals surface area contributed by atoms with Gasteiger partial charge >= 0.3 is 0 Å². The molecule has 0 saturated heterocycles. The van der Waals surface area contributed by atoms with Crippen LogP contribution >= 0.6 is 0 Å². The minimum Gasteiger partial charge on any atom is -0.451 e. The van der Waals surface area contributed by atoms with Crippen LogP contribution < -0.4 is 5.73 Å². The average molecular weight is 223 g/mol. The zero-order valence-electron chi connectivity index (χ0n) is 8.04. The van der Waals surface area contributed by atoms with E-state index in [4.69, 9.17) is 10.2 Å². The van der Waals surface area contributed by atoms with Crippen LogP contribution in [0.5, 0.6) is 0 Å². The Hall–Kier alpha value is -2.17. The number of hydrogen-bond acceptors (Lipinski definition) is 2. The molecule has 82 valence electrons. The highest BCUT2D eigenvalue weighted by Gasteiger charge is 2.10. The van der Waals surface area contributed by atoms with Gasteiger partial charge in [0, 0.05) is 5.56 Å². The first-order valence-corrected chi connectivity index (χ1v) is 4.43. The predicted molar refractivity (Wildman–Crippen MR) is 52.6 cm³/mol. The number of carbonyl (C=O) groups is 1. The summed E-state index contributed by atoms with van der Waals surface area (Å²) in [5, 5.41) is 0. The third-order valence-corrected chi connectivity index (χ3v) is 2.05. The van der Waals surface area contributed by atoms with Crippen LogP contribution in [0.2, 0.25) is 0 Å². The maximum absolute atomic E-state index is 12.9. The number of furan rings is 1. The quantitative estimate of drug-likeness (QED) is 0.849. The number of rotatable bonds is 2. The Labute approximate surface area is 89.5 Å². The summed E-state index contributed by atoms with van der Waals surface area (Å²) in [5.41, 5.74) is 5.33. The summed E-state index contributed by atoms with van der Waals surface area (Å²) in [6, 6.07) is 6.16. The molecule has 1 aromatic carbocycles. The fourth-order valence-corrected chi connectivity index (χ4v) is 1.27. The predicted octanol–water partition coefficient (Wildman–Crippen LogP) is 2.32. The van der Waals surface area contributed by atoms with E-state index in [1.54, 1.807) is 0 Å². The zero-order valence-corrected chi connectivity index (χ0v) is 8.04. The molecule has 16 heavy (non-hydrogen) atoms. The van der Waals surface area contributed by atoms with E-state index < -0.39 is 17.5 Å². The largest absolute Gasteiger partial charge is 0.451 e. The van der Waals surface area contributed by atoms with E-state index in [-0.39, 0.29) is 11.5 Å². The molecule has 5 heteroatoms. The SMILES string of the molecule is NC(=O)c1ccc(-c2ccc(F)c(F)c2)o1. The van der Waals surface area contributed by atoms with E-state index in [9.17, 15) is 13.6 Å². The number of halogens is 2. The molecule has 1 heterocycles. The fourth-order valence-electron chi connectivity index (χ4n) is 1.27. The molecule has 3 nitrogen and oxygen atoms in total. The fraction of sp³-hybridized carbons (Fsp3) is 0. The van der Waals surface area contributed by atoms with Crippen LogP contribution in [0.15, 0.2) is 34.7 Å². The highest BCUT2D eigenvalue weighted by Crippen LogP contribution is 2.23. The molecule has 0 spiro atoms. The van der Waals surface area contributed by atoms with Crippen LogP contribution in [-0.2, 0) is 0 Å². The number of nitrogens with two attached hydrogens (primary N) is 1. The lowest BCUT2D eigenvalue weighted by Gasteiger charge is -1.97. The van der Waals surface area contributed by atoms with Gasteiger partial charge in [-0.05, 0) is 30.3 Å². The highest BCUT2D eigenvalue weighted by molar-refractivity contribution is 5.90. The molecular formula is C11H7F2NO2. The lowest BCUT2D eigenvalue weighted by molar-refractivity contribution is 0.0974. The van der Waals surface area contributed by atoms with Gasteiger partial charge in [0.05, 0.1) is 0 Å². The molecule has 0 aliphatic carbocycles. The van der Waals surface area contributed by atoms with Gasteiger partial charge in [-0.3, -0.25) is 4.79 Å². The van der Waals surface area contributed by atoms with E-state index in [2.05, 4.69) is 0 Å². The van der Waals surface area contributed by atoms with Crippen molar-refractivity contribution >= 4 is 5.91 Å². The molecule has 0 unspecified atom stereocenters. The number of benzene rings is 1. The lowest BCUT2D eigenvalue weighted by Crippen LogP contribution is -2.09. The van der Waals surface area contributed by atoms with E-state index >= 15 is 0 Å². The summed E-state index contributed by atoms with van der Waals surface area (Å²) in [7, 11) is 0. The van der Waals surface area contributed by atoms with E-state index in [0.717, 1.165) is 12.1 Å². The molecule has 2 N–H and O–H groups in total. The van der Waals surface area contributed by atoms with E-state index in [0.29, 0.717) is 5.56 Å². The van der Waals surface area contributed by atoms with Crippen LogP contribution in [0.25, 0.3) is 11.3 Å². The smallest absolute Gasteiger partial charge is 0.284 e. The standard InChI is InChI=1S/C11H7F2NO2/c12-7-2-1-6(5-8(7)13)9-3-4-10(16-9)11(14)15/h1-5H,(H2,14,15). The first-order chi connectivity index (χ1) is 7.58. The molecule has 0 bridgehead atoms. The van der Waals surface area contributed by atoms with Gasteiger partial charge in [-0.1, -0.05) is 0 Å². The molecule has 2 aromatic rings. The maximum Gasteiger partial charge on any atom is 0.284 e. The van der Waals surface area contributed by atoms with Crippen LogP contribution in [0, 0.1) is 11.6 Å². The van der Waals surface area contributed by atoms with Crippen molar-refractivity contribution in [2.45, 2.75) is 0 Å². The molecule has 0 aliphatic rings. The van der Waals surface area contributed by atoms with Crippen molar-refractivity contribution in [3.8, 4) is 11.3 Å². The Bertz CT molecular complexity index is 549. The lowest BCUT2D eigenvalue weighted by atomic mass is 10.1. The van der Waals surface area contributed by atoms with Crippen molar-refractivity contribution in [2.75, 3.05) is 0 Å². The minimum atomic E-state index is -0.977. The van der Waals surface area contributed by atoms with Crippen molar-refractivity contribution in [1.82, 2.24) is 0 Å². The van der Waals surface area contributed by atoms with Gasteiger partial charge < -0.3 is 10.2 Å². The summed E-state index contributed by atoms with van der Waals surface area (Å²) in [5.74, 6) is -2.40. The third-order valence-electron chi connectivity index (χ3n) is 2.05. The van der Waals surface area contributed by atoms with E-state index in [1.807, 2.05) is 0 Å². The normalized spacial score (nSPS) is 10.4. The minimum absolute atomic E-state index is 0.0280. The van der Waals surface area contributed by atoms with Gasteiger partial charge in [-0.15, -0.1) is 0 Å². The second-order valence-electron chi connectivity index (χ2n) is 3.16. The molecule has 2 rings (SSSR count).